The molecule has 4 atom stereocenters. The summed E-state index contributed by atoms with van der Waals surface area (Å²) in [6.45, 7) is -1.71. The van der Waals surface area contributed by atoms with Crippen molar-refractivity contribution in [3.8, 4) is 0 Å². The number of phosphoric acid groups is 1. The molecule has 0 aliphatic carbocycles. The van der Waals surface area contributed by atoms with Crippen LogP contribution in [-0.4, -0.2) is 112 Å². The second-order valence-corrected chi connectivity index (χ2v) is 4.53. The standard InChI is InChI=1S/C6H13O9P.Ba.H2O/c7-3-1-14-6(10,5(9)4(3)8)2-15-16(11,12)13;;/h3-5,7-10H,1-2H2,(H2,11,12,13);;1H2/p-2. The number of rotatable bonds is 3. The molecule has 0 saturated carbocycles. The zero-order chi connectivity index (χ0) is 12.6. The predicted molar refractivity (Wildman–Crippen MR) is 51.8 cm³/mol. The van der Waals surface area contributed by atoms with Crippen LogP contribution in [0.25, 0.3) is 0 Å². The number of hydrogen-bond acceptors (Lipinski definition) is 9. The van der Waals surface area contributed by atoms with Crippen LogP contribution in [0.5, 0.6) is 0 Å². The molecule has 6 N–H and O–H groups in total. The minimum Gasteiger partial charge on any atom is -0.790 e. The van der Waals surface area contributed by atoms with Gasteiger partial charge in [0.15, 0.2) is 0 Å². The van der Waals surface area contributed by atoms with Gasteiger partial charge in [-0.25, -0.2) is 0 Å². The van der Waals surface area contributed by atoms with E-state index < -0.39 is 45.1 Å². The van der Waals surface area contributed by atoms with Crippen molar-refractivity contribution >= 4 is 56.7 Å². The largest absolute Gasteiger partial charge is 0.790 e. The molecular formula is C6H13BaO10P-2. The third-order valence-electron chi connectivity index (χ3n) is 2.11. The molecule has 0 aromatic carbocycles. The van der Waals surface area contributed by atoms with Crippen molar-refractivity contribution in [3.05, 3.63) is 0 Å². The minimum absolute atomic E-state index is 0. The Bertz CT molecular complexity index is 296. The number of ether oxygens (including phenoxy) is 1. The molecule has 1 fully saturated rings. The molecule has 0 aromatic rings. The Morgan fingerprint density at radius 2 is 1.89 bits per heavy atom. The molecule has 0 bridgehead atoms. The van der Waals surface area contributed by atoms with Crippen molar-refractivity contribution in [2.45, 2.75) is 24.1 Å². The van der Waals surface area contributed by atoms with E-state index in [-0.39, 0.29) is 54.4 Å². The molecular weight excluding hydrogens is 400 g/mol. The maximum Gasteiger partial charge on any atom is 0.219 e. The van der Waals surface area contributed by atoms with Crippen LogP contribution in [0, 0.1) is 0 Å². The van der Waals surface area contributed by atoms with Crippen molar-refractivity contribution in [2.24, 2.45) is 0 Å². The topological polar surface area (TPSA) is 194 Å². The van der Waals surface area contributed by atoms with Gasteiger partial charge in [-0.1, -0.05) is 0 Å². The summed E-state index contributed by atoms with van der Waals surface area (Å²) in [5.74, 6) is -2.55. The van der Waals surface area contributed by atoms with Gasteiger partial charge < -0.3 is 49.5 Å². The molecule has 1 saturated heterocycles. The van der Waals surface area contributed by atoms with Crippen molar-refractivity contribution in [3.63, 3.8) is 0 Å². The third-order valence-corrected chi connectivity index (χ3v) is 2.56. The second kappa shape index (κ2) is 8.02. The Balaban J connectivity index is 0. The van der Waals surface area contributed by atoms with E-state index in [1.807, 2.05) is 0 Å². The summed E-state index contributed by atoms with van der Waals surface area (Å²) in [5.41, 5.74) is 0. The van der Waals surface area contributed by atoms with Gasteiger partial charge in [-0.2, -0.15) is 0 Å². The Morgan fingerprint density at radius 1 is 1.39 bits per heavy atom. The van der Waals surface area contributed by atoms with Gasteiger partial charge in [0.1, 0.15) is 24.9 Å². The Hall–Kier alpha value is 1.44. The summed E-state index contributed by atoms with van der Waals surface area (Å²) in [7, 11) is -5.33. The first-order chi connectivity index (χ1) is 7.16. The SMILES string of the molecule is O.O=P([O-])([O-])OCC1(O)OCC(O)C(O)C1O.[Ba]. The van der Waals surface area contributed by atoms with Crippen LogP contribution in [0.3, 0.4) is 0 Å². The molecule has 10 nitrogen and oxygen atoms in total. The molecule has 1 rings (SSSR count). The molecule has 18 heavy (non-hydrogen) atoms. The molecule has 1 heterocycles. The van der Waals surface area contributed by atoms with E-state index in [0.717, 1.165) is 0 Å². The van der Waals surface area contributed by atoms with Gasteiger partial charge in [-0.3, -0.25) is 0 Å². The molecule has 106 valence electrons. The number of phosphoric ester groups is 1. The fourth-order valence-corrected chi connectivity index (χ4v) is 1.53. The maximum atomic E-state index is 10.2. The van der Waals surface area contributed by atoms with Crippen molar-refractivity contribution < 1.29 is 49.5 Å². The van der Waals surface area contributed by atoms with Crippen LogP contribution >= 0.6 is 7.82 Å². The van der Waals surface area contributed by atoms with Crippen LogP contribution in [-0.2, 0) is 13.8 Å². The van der Waals surface area contributed by atoms with E-state index in [0.29, 0.717) is 0 Å². The molecule has 12 heteroatoms. The summed E-state index contributed by atoms with van der Waals surface area (Å²) in [5, 5.41) is 37.1. The normalized spacial score (nSPS) is 36.4. The van der Waals surface area contributed by atoms with Gasteiger partial charge in [-0.15, -0.1) is 0 Å². The molecule has 0 amide bonds. The maximum absolute atomic E-state index is 10.2. The van der Waals surface area contributed by atoms with Gasteiger partial charge in [-0.05, 0) is 0 Å². The zero-order valence-corrected chi connectivity index (χ0v) is 14.5. The van der Waals surface area contributed by atoms with E-state index >= 15 is 0 Å². The van der Waals surface area contributed by atoms with Crippen LogP contribution in [0.2, 0.25) is 0 Å². The fraction of sp³-hybridized carbons (Fsp3) is 1.00. The predicted octanol–water partition coefficient (Wildman–Crippen LogP) is -5.57. The Kier molecular flexibility index (Phi) is 9.69. The average molecular weight is 413 g/mol. The first-order valence-corrected chi connectivity index (χ1v) is 5.69. The minimum atomic E-state index is -5.33. The summed E-state index contributed by atoms with van der Waals surface area (Å²) < 4.78 is 18.4. The first-order valence-electron chi connectivity index (χ1n) is 4.23. The van der Waals surface area contributed by atoms with E-state index in [4.69, 9.17) is 5.11 Å². The molecule has 0 aromatic heterocycles. The van der Waals surface area contributed by atoms with E-state index in [2.05, 4.69) is 9.26 Å². The van der Waals surface area contributed by atoms with Crippen LogP contribution in [0.4, 0.5) is 0 Å². The molecule has 1 aliphatic rings. The number of hydrogen-bond donors (Lipinski definition) is 4. The molecule has 4 unspecified atom stereocenters. The fourth-order valence-electron chi connectivity index (χ4n) is 1.19. The van der Waals surface area contributed by atoms with E-state index in [1.54, 1.807) is 0 Å². The number of aliphatic hydroxyl groups excluding tert-OH is 3. The summed E-state index contributed by atoms with van der Waals surface area (Å²) in [4.78, 5) is 20.3. The smallest absolute Gasteiger partial charge is 0.219 e. The van der Waals surface area contributed by atoms with Crippen LogP contribution in [0.1, 0.15) is 0 Å². The second-order valence-electron chi connectivity index (χ2n) is 3.38. The summed E-state index contributed by atoms with van der Waals surface area (Å²) >= 11 is 0. The summed E-state index contributed by atoms with van der Waals surface area (Å²) in [6.07, 6.45) is -5.16. The first kappa shape index (κ1) is 21.7. The third kappa shape index (κ3) is 5.83. The Labute approximate surface area is 142 Å². The van der Waals surface area contributed by atoms with Crippen molar-refractivity contribution in [1.29, 1.82) is 0 Å². The quantitative estimate of drug-likeness (QED) is 0.258. The van der Waals surface area contributed by atoms with Gasteiger partial charge in [0.2, 0.25) is 5.79 Å². The van der Waals surface area contributed by atoms with Gasteiger partial charge in [0.25, 0.3) is 0 Å². The van der Waals surface area contributed by atoms with Gasteiger partial charge >= 0.3 is 0 Å². The van der Waals surface area contributed by atoms with Crippen LogP contribution < -0.4 is 9.79 Å². The summed E-state index contributed by atoms with van der Waals surface area (Å²) in [6, 6.07) is 0. The molecule has 1 aliphatic heterocycles. The van der Waals surface area contributed by atoms with E-state index in [1.165, 1.54) is 0 Å². The Morgan fingerprint density at radius 3 is 2.33 bits per heavy atom. The van der Waals surface area contributed by atoms with Crippen molar-refractivity contribution in [2.75, 3.05) is 13.2 Å². The number of aliphatic hydroxyl groups is 4. The van der Waals surface area contributed by atoms with Gasteiger partial charge in [0, 0.05) is 48.9 Å². The van der Waals surface area contributed by atoms with Gasteiger partial charge in [0.05, 0.1) is 14.4 Å². The van der Waals surface area contributed by atoms with Crippen molar-refractivity contribution in [1.82, 2.24) is 0 Å². The van der Waals surface area contributed by atoms with Crippen LogP contribution in [0.15, 0.2) is 0 Å². The molecule has 0 spiro atoms. The monoisotopic (exact) mass is 414 g/mol. The zero-order valence-electron chi connectivity index (χ0n) is 9.13. The molecule has 2 radical (unpaired) electrons. The average Bonchev–Trinajstić information content (AvgIpc) is 2.18. The van der Waals surface area contributed by atoms with E-state index in [9.17, 15) is 29.7 Å².